The van der Waals surface area contributed by atoms with Crippen LogP contribution in [0.2, 0.25) is 0 Å². The third kappa shape index (κ3) is 6.52. The van der Waals surface area contributed by atoms with Crippen molar-refractivity contribution in [3.8, 4) is 12.3 Å². The molecule has 0 aromatic heterocycles. The standard InChI is InChI=1S/C21H27NS/c1-5-8-11-17-23-21-15-10-9-13-20(21)19(14-12-16-22-4)18(6-2)7-3/h2,5,7-10,13-15,18,22H,3,11-12,16-17H2,1,4H3/b8-5-,19-14-. The average molecular weight is 326 g/mol. The normalized spacial score (nSPS) is 13.0. The zero-order valence-electron chi connectivity index (χ0n) is 14.2. The minimum absolute atomic E-state index is 0.0517. The minimum atomic E-state index is -0.0517. The second kappa shape index (κ2) is 11.8. The van der Waals surface area contributed by atoms with Crippen LogP contribution in [0.25, 0.3) is 5.57 Å². The largest absolute Gasteiger partial charge is 0.319 e. The number of benzene rings is 1. The Balaban J connectivity index is 3.07. The van der Waals surface area contributed by atoms with Crippen LogP contribution in [0.5, 0.6) is 0 Å². The molecule has 1 N–H and O–H groups in total. The molecule has 0 spiro atoms. The Morgan fingerprint density at radius 3 is 2.83 bits per heavy atom. The summed E-state index contributed by atoms with van der Waals surface area (Å²) < 4.78 is 0. The van der Waals surface area contributed by atoms with Crippen LogP contribution >= 0.6 is 11.8 Å². The van der Waals surface area contributed by atoms with E-state index >= 15 is 0 Å². The molecule has 0 saturated heterocycles. The van der Waals surface area contributed by atoms with Crippen molar-refractivity contribution < 1.29 is 0 Å². The lowest BCUT2D eigenvalue weighted by Crippen LogP contribution is -2.07. The first-order chi connectivity index (χ1) is 11.3. The lowest BCUT2D eigenvalue weighted by molar-refractivity contribution is 0.806. The van der Waals surface area contributed by atoms with E-state index in [1.165, 1.54) is 16.0 Å². The second-order valence-corrected chi connectivity index (χ2v) is 6.27. The molecule has 1 unspecified atom stereocenters. The first-order valence-corrected chi connectivity index (χ1v) is 9.03. The molecule has 0 heterocycles. The number of terminal acetylenes is 1. The van der Waals surface area contributed by atoms with E-state index in [0.29, 0.717) is 0 Å². The summed E-state index contributed by atoms with van der Waals surface area (Å²) in [5.41, 5.74) is 2.42. The fraction of sp³-hybridized carbons (Fsp3) is 0.333. The molecular weight excluding hydrogens is 298 g/mol. The molecule has 1 rings (SSSR count). The van der Waals surface area contributed by atoms with Gasteiger partial charge in [0.15, 0.2) is 0 Å². The maximum absolute atomic E-state index is 5.72. The highest BCUT2D eigenvalue weighted by Gasteiger charge is 2.13. The molecular formula is C21H27NS. The van der Waals surface area contributed by atoms with Crippen LogP contribution in [0, 0.1) is 18.3 Å². The van der Waals surface area contributed by atoms with Gasteiger partial charge in [0.2, 0.25) is 0 Å². The summed E-state index contributed by atoms with van der Waals surface area (Å²) in [6.45, 7) is 6.91. The van der Waals surface area contributed by atoms with Crippen LogP contribution < -0.4 is 5.32 Å². The van der Waals surface area contributed by atoms with Gasteiger partial charge >= 0.3 is 0 Å². The first-order valence-electron chi connectivity index (χ1n) is 8.05. The van der Waals surface area contributed by atoms with Gasteiger partial charge in [-0.15, -0.1) is 24.8 Å². The quantitative estimate of drug-likeness (QED) is 0.275. The Hall–Kier alpha value is -1.69. The zero-order valence-corrected chi connectivity index (χ0v) is 15.0. The van der Waals surface area contributed by atoms with Gasteiger partial charge in [-0.2, -0.15) is 0 Å². The van der Waals surface area contributed by atoms with Crippen LogP contribution in [-0.2, 0) is 0 Å². The molecule has 0 aliphatic carbocycles. The lowest BCUT2D eigenvalue weighted by atomic mass is 9.92. The maximum atomic E-state index is 5.72. The van der Waals surface area contributed by atoms with Crippen LogP contribution in [0.1, 0.15) is 25.3 Å². The Labute approximate surface area is 146 Å². The topological polar surface area (TPSA) is 12.0 Å². The van der Waals surface area contributed by atoms with Crippen LogP contribution in [0.4, 0.5) is 0 Å². The van der Waals surface area contributed by atoms with E-state index in [1.807, 2.05) is 24.9 Å². The van der Waals surface area contributed by atoms with Crippen molar-refractivity contribution in [2.75, 3.05) is 19.3 Å². The molecule has 2 heteroatoms. The van der Waals surface area contributed by atoms with Crippen molar-refractivity contribution in [3.63, 3.8) is 0 Å². The van der Waals surface area contributed by atoms with Gasteiger partial charge < -0.3 is 5.32 Å². The van der Waals surface area contributed by atoms with Gasteiger partial charge in [-0.25, -0.2) is 0 Å². The Morgan fingerprint density at radius 1 is 1.39 bits per heavy atom. The maximum Gasteiger partial charge on any atom is 0.0630 e. The van der Waals surface area contributed by atoms with E-state index in [9.17, 15) is 0 Å². The summed E-state index contributed by atoms with van der Waals surface area (Å²) in [7, 11) is 1.96. The molecule has 0 saturated carbocycles. The third-order valence-corrected chi connectivity index (χ3v) is 4.59. The summed E-state index contributed by atoms with van der Waals surface area (Å²) in [5, 5.41) is 3.18. The number of allylic oxidation sites excluding steroid dienone is 4. The van der Waals surface area contributed by atoms with E-state index in [1.54, 1.807) is 0 Å². The summed E-state index contributed by atoms with van der Waals surface area (Å²) >= 11 is 1.88. The monoisotopic (exact) mass is 325 g/mol. The molecule has 0 bridgehead atoms. The molecule has 0 fully saturated rings. The van der Waals surface area contributed by atoms with Gasteiger partial charge in [-0.1, -0.05) is 48.4 Å². The highest BCUT2D eigenvalue weighted by atomic mass is 32.2. The number of thioether (sulfide) groups is 1. The Bertz CT molecular complexity index is 578. The predicted molar refractivity (Wildman–Crippen MR) is 106 cm³/mol. The van der Waals surface area contributed by atoms with E-state index in [0.717, 1.165) is 25.1 Å². The Morgan fingerprint density at radius 2 is 2.17 bits per heavy atom. The Kier molecular flexibility index (Phi) is 9.95. The third-order valence-electron chi connectivity index (χ3n) is 3.48. The van der Waals surface area contributed by atoms with Gasteiger partial charge in [0, 0.05) is 10.6 Å². The summed E-state index contributed by atoms with van der Waals surface area (Å²) in [6.07, 6.45) is 16.2. The number of rotatable bonds is 10. The number of nitrogens with one attached hydrogen (secondary N) is 1. The van der Waals surface area contributed by atoms with Gasteiger partial charge in [-0.3, -0.25) is 0 Å². The highest BCUT2D eigenvalue weighted by molar-refractivity contribution is 7.99. The van der Waals surface area contributed by atoms with Crippen molar-refractivity contribution in [1.82, 2.24) is 5.32 Å². The molecule has 122 valence electrons. The first kappa shape index (κ1) is 19.4. The molecule has 23 heavy (non-hydrogen) atoms. The molecule has 0 radical (unpaired) electrons. The molecule has 0 amide bonds. The van der Waals surface area contributed by atoms with Gasteiger partial charge in [-0.05, 0) is 50.6 Å². The fourth-order valence-corrected chi connectivity index (χ4v) is 3.29. The van der Waals surface area contributed by atoms with E-state index in [2.05, 4.69) is 67.2 Å². The summed E-state index contributed by atoms with van der Waals surface area (Å²) in [6, 6.07) is 8.51. The van der Waals surface area contributed by atoms with Crippen LogP contribution in [0.15, 0.2) is 60.0 Å². The lowest BCUT2D eigenvalue weighted by Gasteiger charge is -2.16. The van der Waals surface area contributed by atoms with Gasteiger partial charge in [0.05, 0.1) is 5.92 Å². The zero-order chi connectivity index (χ0) is 16.9. The molecule has 1 atom stereocenters. The van der Waals surface area contributed by atoms with E-state index in [-0.39, 0.29) is 5.92 Å². The fourth-order valence-electron chi connectivity index (χ4n) is 2.30. The highest BCUT2D eigenvalue weighted by Crippen LogP contribution is 2.33. The van der Waals surface area contributed by atoms with Crippen molar-refractivity contribution in [2.24, 2.45) is 5.92 Å². The van der Waals surface area contributed by atoms with Gasteiger partial charge in [0.25, 0.3) is 0 Å². The SMILES string of the molecule is C#CC(C=C)/C(=C/CCNC)c1ccccc1SCC/C=C\C. The molecule has 1 nitrogen and oxygen atoms in total. The summed E-state index contributed by atoms with van der Waals surface area (Å²) in [5.74, 6) is 3.87. The summed E-state index contributed by atoms with van der Waals surface area (Å²) in [4.78, 5) is 1.29. The van der Waals surface area contributed by atoms with Gasteiger partial charge in [0.1, 0.15) is 0 Å². The number of hydrogen-bond acceptors (Lipinski definition) is 2. The van der Waals surface area contributed by atoms with Crippen molar-refractivity contribution in [2.45, 2.75) is 24.7 Å². The molecule has 0 aliphatic rings. The van der Waals surface area contributed by atoms with Crippen molar-refractivity contribution in [1.29, 1.82) is 0 Å². The molecule has 1 aromatic rings. The smallest absolute Gasteiger partial charge is 0.0630 e. The molecule has 1 aromatic carbocycles. The van der Waals surface area contributed by atoms with E-state index in [4.69, 9.17) is 6.42 Å². The van der Waals surface area contributed by atoms with Crippen molar-refractivity contribution in [3.05, 3.63) is 60.7 Å². The van der Waals surface area contributed by atoms with Crippen LogP contribution in [-0.4, -0.2) is 19.3 Å². The average Bonchev–Trinajstić information content (AvgIpc) is 2.59. The second-order valence-electron chi connectivity index (χ2n) is 5.13. The van der Waals surface area contributed by atoms with E-state index < -0.39 is 0 Å². The van der Waals surface area contributed by atoms with Crippen molar-refractivity contribution >= 4 is 17.3 Å². The predicted octanol–water partition coefficient (Wildman–Crippen LogP) is 5.17. The van der Waals surface area contributed by atoms with Crippen LogP contribution in [0.3, 0.4) is 0 Å². The molecule has 0 aliphatic heterocycles. The minimum Gasteiger partial charge on any atom is -0.319 e. The number of hydrogen-bond donors (Lipinski definition) is 1.